The van der Waals surface area contributed by atoms with Gasteiger partial charge in [-0.05, 0) is 51.2 Å². The van der Waals surface area contributed by atoms with Crippen molar-refractivity contribution in [2.24, 2.45) is 5.92 Å². The largest absolute Gasteiger partial charge is 0.480 e. The molecule has 2 unspecified atom stereocenters. The molecule has 1 heterocycles. The summed E-state index contributed by atoms with van der Waals surface area (Å²) in [6, 6.07) is 0. The number of rotatable bonds is 8. The number of likely N-dealkylation sites (N-methyl/N-ethyl adjacent to an activating group) is 1. The van der Waals surface area contributed by atoms with E-state index in [4.69, 9.17) is 0 Å². The third kappa shape index (κ3) is 3.95. The zero-order valence-electron chi connectivity index (χ0n) is 12.0. The first-order valence-electron chi connectivity index (χ1n) is 7.25. The van der Waals surface area contributed by atoms with Crippen LogP contribution in [0.5, 0.6) is 0 Å². The van der Waals surface area contributed by atoms with Crippen molar-refractivity contribution in [3.63, 3.8) is 0 Å². The second-order valence-electron chi connectivity index (χ2n) is 5.57. The number of aliphatic carboxylic acids is 1. The van der Waals surface area contributed by atoms with Gasteiger partial charge >= 0.3 is 5.97 Å². The Morgan fingerprint density at radius 2 is 2.22 bits per heavy atom. The predicted molar refractivity (Wildman–Crippen MR) is 73.8 cm³/mol. The molecular weight excluding hydrogens is 228 g/mol. The minimum absolute atomic E-state index is 0.645. The number of nitrogens with zero attached hydrogens (tertiary/aromatic N) is 1. The average Bonchev–Trinajstić information content (AvgIpc) is 2.73. The maximum absolute atomic E-state index is 11.4. The molecule has 1 aliphatic rings. The van der Waals surface area contributed by atoms with Crippen LogP contribution in [0, 0.1) is 5.92 Å². The topological polar surface area (TPSA) is 52.6 Å². The van der Waals surface area contributed by atoms with E-state index in [9.17, 15) is 9.90 Å². The zero-order valence-corrected chi connectivity index (χ0v) is 12.0. The van der Waals surface area contributed by atoms with Crippen LogP contribution >= 0.6 is 0 Å². The third-order valence-corrected chi connectivity index (χ3v) is 4.11. The molecule has 1 aliphatic heterocycles. The fourth-order valence-corrected chi connectivity index (χ4v) is 2.90. The first kappa shape index (κ1) is 15.4. The van der Waals surface area contributed by atoms with E-state index in [1.54, 1.807) is 0 Å². The summed E-state index contributed by atoms with van der Waals surface area (Å²) < 4.78 is 0. The van der Waals surface area contributed by atoms with Crippen LogP contribution in [0.25, 0.3) is 0 Å². The first-order chi connectivity index (χ1) is 8.54. The number of nitrogens with one attached hydrogen (secondary N) is 1. The summed E-state index contributed by atoms with van der Waals surface area (Å²) in [5.74, 6) is 0.0933. The molecular formula is C14H28N2O2. The quantitative estimate of drug-likeness (QED) is 0.697. The van der Waals surface area contributed by atoms with Crippen molar-refractivity contribution in [2.45, 2.75) is 52.0 Å². The van der Waals surface area contributed by atoms with E-state index in [0.29, 0.717) is 13.0 Å². The van der Waals surface area contributed by atoms with Crippen LogP contribution in [0.1, 0.15) is 46.5 Å². The minimum atomic E-state index is -0.722. The van der Waals surface area contributed by atoms with Crippen molar-refractivity contribution in [2.75, 3.05) is 26.2 Å². The zero-order chi connectivity index (χ0) is 13.6. The van der Waals surface area contributed by atoms with E-state index >= 15 is 0 Å². The minimum Gasteiger partial charge on any atom is -0.480 e. The van der Waals surface area contributed by atoms with Gasteiger partial charge in [-0.2, -0.15) is 0 Å². The van der Waals surface area contributed by atoms with Gasteiger partial charge in [-0.3, -0.25) is 4.79 Å². The highest BCUT2D eigenvalue weighted by molar-refractivity contribution is 5.78. The standard InChI is InChI=1S/C14H28N2O2/c1-4-14(13(17)18,15-5-2)8-6-9-16-10-7-12(3)11-16/h12,15H,4-11H2,1-3H3,(H,17,18). The smallest absolute Gasteiger partial charge is 0.323 e. The number of hydrogen-bond donors (Lipinski definition) is 2. The summed E-state index contributed by atoms with van der Waals surface area (Å²) in [4.78, 5) is 13.9. The second kappa shape index (κ2) is 7.10. The lowest BCUT2D eigenvalue weighted by atomic mass is 9.90. The van der Waals surface area contributed by atoms with E-state index in [1.165, 1.54) is 19.5 Å². The maximum atomic E-state index is 11.4. The van der Waals surface area contributed by atoms with Gasteiger partial charge in [0, 0.05) is 6.54 Å². The van der Waals surface area contributed by atoms with Crippen LogP contribution < -0.4 is 5.32 Å². The van der Waals surface area contributed by atoms with E-state index in [1.807, 2.05) is 13.8 Å². The third-order valence-electron chi connectivity index (χ3n) is 4.11. The summed E-state index contributed by atoms with van der Waals surface area (Å²) in [6.45, 7) is 10.3. The van der Waals surface area contributed by atoms with Gasteiger partial charge in [0.05, 0.1) is 0 Å². The molecule has 0 aliphatic carbocycles. The van der Waals surface area contributed by atoms with Gasteiger partial charge in [0.15, 0.2) is 0 Å². The molecule has 0 saturated carbocycles. The molecule has 106 valence electrons. The number of carbonyl (C=O) groups is 1. The molecule has 0 aromatic rings. The normalized spacial score (nSPS) is 24.1. The lowest BCUT2D eigenvalue weighted by molar-refractivity contribution is -0.145. The van der Waals surface area contributed by atoms with Crippen molar-refractivity contribution < 1.29 is 9.90 Å². The van der Waals surface area contributed by atoms with E-state index in [2.05, 4.69) is 17.1 Å². The Kier molecular flexibility index (Phi) is 6.09. The van der Waals surface area contributed by atoms with Gasteiger partial charge < -0.3 is 15.3 Å². The van der Waals surface area contributed by atoms with Crippen LogP contribution in [0.4, 0.5) is 0 Å². The van der Waals surface area contributed by atoms with Crippen molar-refractivity contribution in [3.05, 3.63) is 0 Å². The predicted octanol–water partition coefficient (Wildman–Crippen LogP) is 1.95. The Balaban J connectivity index is 2.39. The lowest BCUT2D eigenvalue weighted by Gasteiger charge is -2.30. The molecule has 0 spiro atoms. The molecule has 4 heteroatoms. The highest BCUT2D eigenvalue weighted by Gasteiger charge is 2.35. The number of carboxylic acids is 1. The fraction of sp³-hybridized carbons (Fsp3) is 0.929. The Labute approximate surface area is 111 Å². The van der Waals surface area contributed by atoms with E-state index in [0.717, 1.165) is 25.3 Å². The molecule has 0 radical (unpaired) electrons. The van der Waals surface area contributed by atoms with Crippen molar-refractivity contribution in [3.8, 4) is 0 Å². The summed E-state index contributed by atoms with van der Waals surface area (Å²) >= 11 is 0. The fourth-order valence-electron chi connectivity index (χ4n) is 2.90. The van der Waals surface area contributed by atoms with Crippen LogP contribution in [-0.4, -0.2) is 47.7 Å². The van der Waals surface area contributed by atoms with Gasteiger partial charge in [0.2, 0.25) is 0 Å². The van der Waals surface area contributed by atoms with Gasteiger partial charge in [-0.25, -0.2) is 0 Å². The van der Waals surface area contributed by atoms with Crippen LogP contribution in [0.3, 0.4) is 0 Å². The van der Waals surface area contributed by atoms with E-state index < -0.39 is 11.5 Å². The van der Waals surface area contributed by atoms with Crippen molar-refractivity contribution >= 4 is 5.97 Å². The molecule has 4 nitrogen and oxygen atoms in total. The molecule has 0 aromatic heterocycles. The summed E-state index contributed by atoms with van der Waals surface area (Å²) in [6.07, 6.45) is 3.61. The second-order valence-corrected chi connectivity index (χ2v) is 5.57. The highest BCUT2D eigenvalue weighted by atomic mass is 16.4. The number of carboxylic acid groups (broad SMARTS) is 1. The van der Waals surface area contributed by atoms with Crippen molar-refractivity contribution in [1.82, 2.24) is 10.2 Å². The molecule has 1 rings (SSSR count). The SMILES string of the molecule is CCNC(CC)(CCCN1CCC(C)C1)C(=O)O. The lowest BCUT2D eigenvalue weighted by Crippen LogP contribution is -2.51. The Hall–Kier alpha value is -0.610. The summed E-state index contributed by atoms with van der Waals surface area (Å²) in [5, 5.41) is 12.6. The average molecular weight is 256 g/mol. The van der Waals surface area contributed by atoms with E-state index in [-0.39, 0.29) is 0 Å². The highest BCUT2D eigenvalue weighted by Crippen LogP contribution is 2.20. The molecule has 2 atom stereocenters. The Morgan fingerprint density at radius 3 is 2.67 bits per heavy atom. The van der Waals surface area contributed by atoms with Gasteiger partial charge in [-0.15, -0.1) is 0 Å². The van der Waals surface area contributed by atoms with Gasteiger partial charge in [-0.1, -0.05) is 20.8 Å². The molecule has 18 heavy (non-hydrogen) atoms. The molecule has 2 N–H and O–H groups in total. The number of likely N-dealkylation sites (tertiary alicyclic amines) is 1. The first-order valence-corrected chi connectivity index (χ1v) is 7.25. The molecule has 0 bridgehead atoms. The maximum Gasteiger partial charge on any atom is 0.323 e. The van der Waals surface area contributed by atoms with Crippen LogP contribution in [0.2, 0.25) is 0 Å². The number of hydrogen-bond acceptors (Lipinski definition) is 3. The van der Waals surface area contributed by atoms with Crippen LogP contribution in [-0.2, 0) is 4.79 Å². The Bertz CT molecular complexity index is 271. The van der Waals surface area contributed by atoms with Gasteiger partial charge in [0.25, 0.3) is 0 Å². The molecule has 1 fully saturated rings. The monoisotopic (exact) mass is 256 g/mol. The Morgan fingerprint density at radius 1 is 1.50 bits per heavy atom. The summed E-state index contributed by atoms with van der Waals surface area (Å²) in [7, 11) is 0. The molecule has 0 aromatic carbocycles. The van der Waals surface area contributed by atoms with Gasteiger partial charge in [0.1, 0.15) is 5.54 Å². The molecule has 1 saturated heterocycles. The summed E-state index contributed by atoms with van der Waals surface area (Å²) in [5.41, 5.74) is -0.722. The van der Waals surface area contributed by atoms with Crippen molar-refractivity contribution in [1.29, 1.82) is 0 Å². The van der Waals surface area contributed by atoms with Crippen LogP contribution in [0.15, 0.2) is 0 Å². The molecule has 0 amide bonds.